The van der Waals surface area contributed by atoms with Crippen LogP contribution in [0, 0.1) is 11.3 Å². The van der Waals surface area contributed by atoms with Crippen molar-refractivity contribution in [1.82, 2.24) is 4.98 Å². The number of aromatic nitrogens is 1. The first-order chi connectivity index (χ1) is 12.1. The van der Waals surface area contributed by atoms with E-state index in [2.05, 4.69) is 11.1 Å². The highest BCUT2D eigenvalue weighted by Crippen LogP contribution is 2.40. The van der Waals surface area contributed by atoms with Crippen molar-refractivity contribution in [2.75, 3.05) is 12.8 Å². The Kier molecular flexibility index (Phi) is 4.80. The van der Waals surface area contributed by atoms with Crippen LogP contribution in [0.3, 0.4) is 0 Å². The normalized spacial score (nSPS) is 10.3. The van der Waals surface area contributed by atoms with Crippen molar-refractivity contribution in [3.05, 3.63) is 64.1 Å². The van der Waals surface area contributed by atoms with Gasteiger partial charge in [0, 0.05) is 26.7 Å². The molecule has 1 heterocycles. The van der Waals surface area contributed by atoms with E-state index in [0.717, 1.165) is 5.56 Å². The topological polar surface area (TPSA) is 71.9 Å². The minimum absolute atomic E-state index is 0.108. The van der Waals surface area contributed by atoms with Gasteiger partial charge >= 0.3 is 0 Å². The Labute approximate surface area is 155 Å². The van der Waals surface area contributed by atoms with Crippen LogP contribution in [0.4, 0.5) is 5.82 Å². The highest BCUT2D eigenvalue weighted by molar-refractivity contribution is 6.39. The minimum atomic E-state index is 0.108. The highest BCUT2D eigenvalue weighted by Gasteiger charge is 2.19. The number of nitrogen functional groups attached to an aromatic ring is 1. The van der Waals surface area contributed by atoms with Crippen LogP contribution in [0.25, 0.3) is 22.4 Å². The Morgan fingerprint density at radius 2 is 1.72 bits per heavy atom. The largest absolute Gasteiger partial charge is 0.496 e. The lowest BCUT2D eigenvalue weighted by Gasteiger charge is -2.14. The SMILES string of the molecule is COc1ccccc1-c1cc(-c2c(Cl)cccc2Cl)c(C#N)c(N)n1. The van der Waals surface area contributed by atoms with Gasteiger partial charge in [-0.25, -0.2) is 4.98 Å². The summed E-state index contributed by atoms with van der Waals surface area (Å²) < 4.78 is 5.39. The van der Waals surface area contributed by atoms with Crippen LogP contribution >= 0.6 is 23.2 Å². The first-order valence-corrected chi connectivity index (χ1v) is 8.10. The number of halogens is 2. The second kappa shape index (κ2) is 7.02. The van der Waals surface area contributed by atoms with Crippen LogP contribution in [0.15, 0.2) is 48.5 Å². The molecule has 0 amide bonds. The molecular weight excluding hydrogens is 357 g/mol. The Morgan fingerprint density at radius 3 is 2.36 bits per heavy atom. The number of benzene rings is 2. The summed E-state index contributed by atoms with van der Waals surface area (Å²) in [5.41, 5.74) is 8.68. The number of hydrogen-bond donors (Lipinski definition) is 1. The van der Waals surface area contributed by atoms with E-state index in [1.165, 1.54) is 0 Å². The average Bonchev–Trinajstić information content (AvgIpc) is 2.61. The van der Waals surface area contributed by atoms with E-state index in [-0.39, 0.29) is 11.4 Å². The maximum atomic E-state index is 9.52. The lowest BCUT2D eigenvalue weighted by atomic mass is 9.98. The van der Waals surface area contributed by atoms with Gasteiger partial charge in [0.15, 0.2) is 0 Å². The molecule has 3 aromatic rings. The smallest absolute Gasteiger partial charge is 0.142 e. The summed E-state index contributed by atoms with van der Waals surface area (Å²) in [4.78, 5) is 4.36. The monoisotopic (exact) mass is 369 g/mol. The number of pyridine rings is 1. The summed E-state index contributed by atoms with van der Waals surface area (Å²) >= 11 is 12.6. The molecule has 3 rings (SSSR count). The van der Waals surface area contributed by atoms with Crippen molar-refractivity contribution in [3.63, 3.8) is 0 Å². The summed E-state index contributed by atoms with van der Waals surface area (Å²) in [7, 11) is 1.58. The summed E-state index contributed by atoms with van der Waals surface area (Å²) in [6.45, 7) is 0. The maximum absolute atomic E-state index is 9.52. The Morgan fingerprint density at radius 1 is 1.04 bits per heavy atom. The number of rotatable bonds is 3. The fourth-order valence-electron chi connectivity index (χ4n) is 2.63. The second-order valence-corrected chi connectivity index (χ2v) is 6.04. The van der Waals surface area contributed by atoms with Crippen LogP contribution in [-0.4, -0.2) is 12.1 Å². The van der Waals surface area contributed by atoms with E-state index in [4.69, 9.17) is 33.7 Å². The summed E-state index contributed by atoms with van der Waals surface area (Å²) in [6.07, 6.45) is 0. The second-order valence-electron chi connectivity index (χ2n) is 5.22. The third-order valence-corrected chi connectivity index (χ3v) is 4.40. The van der Waals surface area contributed by atoms with Gasteiger partial charge < -0.3 is 10.5 Å². The van der Waals surface area contributed by atoms with Crippen molar-refractivity contribution in [2.24, 2.45) is 0 Å². The van der Waals surface area contributed by atoms with E-state index in [0.29, 0.717) is 32.6 Å². The van der Waals surface area contributed by atoms with E-state index >= 15 is 0 Å². The van der Waals surface area contributed by atoms with Gasteiger partial charge in [0.1, 0.15) is 23.2 Å². The molecule has 4 nitrogen and oxygen atoms in total. The molecule has 0 radical (unpaired) electrons. The Hall–Kier alpha value is -2.74. The van der Waals surface area contributed by atoms with Gasteiger partial charge in [0.2, 0.25) is 0 Å². The molecule has 6 heteroatoms. The van der Waals surface area contributed by atoms with E-state index in [1.807, 2.05) is 24.3 Å². The quantitative estimate of drug-likeness (QED) is 0.689. The molecule has 124 valence electrons. The third kappa shape index (κ3) is 3.12. The van der Waals surface area contributed by atoms with Gasteiger partial charge in [-0.2, -0.15) is 5.26 Å². The molecule has 0 saturated heterocycles. The zero-order valence-electron chi connectivity index (χ0n) is 13.3. The van der Waals surface area contributed by atoms with Gasteiger partial charge in [-0.3, -0.25) is 0 Å². The van der Waals surface area contributed by atoms with Crippen LogP contribution in [0.5, 0.6) is 5.75 Å². The van der Waals surface area contributed by atoms with Gasteiger partial charge in [0.05, 0.1) is 12.8 Å². The molecule has 2 N–H and O–H groups in total. The molecule has 0 fully saturated rings. The van der Waals surface area contributed by atoms with Crippen molar-refractivity contribution in [1.29, 1.82) is 5.26 Å². The summed E-state index contributed by atoms with van der Waals surface area (Å²) in [5, 5.41) is 10.4. The van der Waals surface area contributed by atoms with E-state index in [9.17, 15) is 5.26 Å². The number of methoxy groups -OCH3 is 1. The van der Waals surface area contributed by atoms with Crippen molar-refractivity contribution < 1.29 is 4.74 Å². The predicted molar refractivity (Wildman–Crippen MR) is 101 cm³/mol. The molecule has 0 atom stereocenters. The number of para-hydroxylation sites is 1. The number of ether oxygens (including phenoxy) is 1. The molecular formula is C19H13Cl2N3O. The van der Waals surface area contributed by atoms with Gasteiger partial charge in [-0.05, 0) is 30.3 Å². The van der Waals surface area contributed by atoms with Gasteiger partial charge in [0.25, 0.3) is 0 Å². The molecule has 0 saturated carbocycles. The summed E-state index contributed by atoms with van der Waals surface area (Å²) in [6, 6.07) is 16.4. The molecule has 1 aromatic heterocycles. The molecule has 0 unspecified atom stereocenters. The standard InChI is InChI=1S/C19H13Cl2N3O/c1-25-17-8-3-2-5-11(17)16-9-12(13(10-22)19(23)24-16)18-14(20)6-4-7-15(18)21/h2-9H,1H3,(H2,23,24). The van der Waals surface area contributed by atoms with Gasteiger partial charge in [-0.1, -0.05) is 41.4 Å². The molecule has 2 aromatic carbocycles. The molecule has 0 aliphatic rings. The maximum Gasteiger partial charge on any atom is 0.142 e. The number of nitriles is 1. The number of hydrogen-bond acceptors (Lipinski definition) is 4. The fraction of sp³-hybridized carbons (Fsp3) is 0.0526. The Bertz CT molecular complexity index is 976. The summed E-state index contributed by atoms with van der Waals surface area (Å²) in [5.74, 6) is 0.757. The molecule has 0 aliphatic heterocycles. The molecule has 0 aliphatic carbocycles. The number of anilines is 1. The molecule has 25 heavy (non-hydrogen) atoms. The van der Waals surface area contributed by atoms with Gasteiger partial charge in [-0.15, -0.1) is 0 Å². The van der Waals surface area contributed by atoms with Crippen LogP contribution in [0.1, 0.15) is 5.56 Å². The minimum Gasteiger partial charge on any atom is -0.496 e. The zero-order chi connectivity index (χ0) is 18.0. The number of nitrogens with zero attached hydrogens (tertiary/aromatic N) is 2. The van der Waals surface area contributed by atoms with Crippen LogP contribution < -0.4 is 10.5 Å². The van der Waals surface area contributed by atoms with Crippen LogP contribution in [0.2, 0.25) is 10.0 Å². The van der Waals surface area contributed by atoms with E-state index < -0.39 is 0 Å². The first-order valence-electron chi connectivity index (χ1n) is 7.35. The molecule has 0 bridgehead atoms. The number of nitrogens with two attached hydrogens (primary N) is 1. The molecule has 0 spiro atoms. The Balaban J connectivity index is 2.33. The lowest BCUT2D eigenvalue weighted by molar-refractivity contribution is 0.416. The first kappa shape index (κ1) is 17.1. The zero-order valence-corrected chi connectivity index (χ0v) is 14.8. The van der Waals surface area contributed by atoms with Crippen molar-refractivity contribution >= 4 is 29.0 Å². The third-order valence-electron chi connectivity index (χ3n) is 3.77. The fourth-order valence-corrected chi connectivity index (χ4v) is 3.23. The highest BCUT2D eigenvalue weighted by atomic mass is 35.5. The van der Waals surface area contributed by atoms with E-state index in [1.54, 1.807) is 31.4 Å². The van der Waals surface area contributed by atoms with Crippen molar-refractivity contribution in [3.8, 4) is 34.2 Å². The average molecular weight is 370 g/mol. The lowest BCUT2D eigenvalue weighted by Crippen LogP contribution is -2.01. The van der Waals surface area contributed by atoms with Crippen LogP contribution in [-0.2, 0) is 0 Å². The predicted octanol–water partition coefficient (Wildman–Crippen LogP) is 5.18. The van der Waals surface area contributed by atoms with Crippen molar-refractivity contribution in [2.45, 2.75) is 0 Å².